The summed E-state index contributed by atoms with van der Waals surface area (Å²) in [6, 6.07) is 16.1. The third-order valence-corrected chi connectivity index (χ3v) is 5.74. The van der Waals surface area contributed by atoms with Gasteiger partial charge in [0.2, 0.25) is 0 Å². The van der Waals surface area contributed by atoms with Crippen LogP contribution in [0.25, 0.3) is 22.3 Å². The van der Waals surface area contributed by atoms with Gasteiger partial charge in [0, 0.05) is 41.2 Å². The van der Waals surface area contributed by atoms with Crippen LogP contribution >= 0.6 is 0 Å². The van der Waals surface area contributed by atoms with E-state index in [2.05, 4.69) is 41.6 Å². The molecule has 1 aromatic heterocycles. The van der Waals surface area contributed by atoms with Crippen molar-refractivity contribution >= 4 is 17.5 Å². The molecule has 172 valence electrons. The second-order valence-electron chi connectivity index (χ2n) is 8.72. The van der Waals surface area contributed by atoms with Gasteiger partial charge in [-0.1, -0.05) is 12.1 Å². The van der Waals surface area contributed by atoms with Gasteiger partial charge in [-0.25, -0.2) is 9.78 Å². The standard InChI is InChI=1S/C27H31N3O3/c1-17(2)30-26-12-9-20(16-29-26)22-14-25(32-3)23(13-24(22)27(31)33-4)19-7-10-21(11-8-19)28-15-18-5-6-18/h7-14,16-18,28H,5-6,15H2,1-4H3,(H,29,30). The molecule has 0 amide bonds. The lowest BCUT2D eigenvalue weighted by Gasteiger charge is -2.16. The molecule has 1 aliphatic carbocycles. The number of aromatic nitrogens is 1. The minimum atomic E-state index is -0.402. The number of carbonyl (C=O) groups is 1. The van der Waals surface area contributed by atoms with Crippen LogP contribution in [0.2, 0.25) is 0 Å². The Kier molecular flexibility index (Phi) is 6.82. The van der Waals surface area contributed by atoms with E-state index in [4.69, 9.17) is 9.47 Å². The van der Waals surface area contributed by atoms with Crippen molar-refractivity contribution in [3.8, 4) is 28.0 Å². The van der Waals surface area contributed by atoms with Gasteiger partial charge in [-0.15, -0.1) is 0 Å². The number of methoxy groups -OCH3 is 2. The number of nitrogens with zero attached hydrogens (tertiary/aromatic N) is 1. The molecule has 33 heavy (non-hydrogen) atoms. The lowest BCUT2D eigenvalue weighted by molar-refractivity contribution is 0.0601. The number of nitrogens with one attached hydrogen (secondary N) is 2. The van der Waals surface area contributed by atoms with Crippen molar-refractivity contribution in [2.45, 2.75) is 32.7 Å². The zero-order valence-corrected chi connectivity index (χ0v) is 19.6. The molecule has 1 fully saturated rings. The van der Waals surface area contributed by atoms with Crippen molar-refractivity contribution in [3.63, 3.8) is 0 Å². The number of benzene rings is 2. The molecule has 4 rings (SSSR count). The average molecular weight is 446 g/mol. The molecule has 1 aliphatic rings. The monoisotopic (exact) mass is 445 g/mol. The lowest BCUT2D eigenvalue weighted by atomic mass is 9.94. The zero-order valence-electron chi connectivity index (χ0n) is 19.6. The maximum atomic E-state index is 12.7. The van der Waals surface area contributed by atoms with E-state index in [0.717, 1.165) is 40.7 Å². The van der Waals surface area contributed by atoms with Gasteiger partial charge >= 0.3 is 5.97 Å². The van der Waals surface area contributed by atoms with Gasteiger partial charge in [0.15, 0.2) is 0 Å². The summed E-state index contributed by atoms with van der Waals surface area (Å²) in [5.74, 6) is 1.87. The molecule has 3 aromatic rings. The van der Waals surface area contributed by atoms with Crippen LogP contribution in [0, 0.1) is 5.92 Å². The third-order valence-electron chi connectivity index (χ3n) is 5.74. The first kappa shape index (κ1) is 22.6. The Hall–Kier alpha value is -3.54. The average Bonchev–Trinajstić information content (AvgIpc) is 3.66. The molecule has 2 N–H and O–H groups in total. The highest BCUT2D eigenvalue weighted by atomic mass is 16.5. The molecule has 6 nitrogen and oxygen atoms in total. The minimum absolute atomic E-state index is 0.281. The van der Waals surface area contributed by atoms with Crippen molar-refractivity contribution in [2.24, 2.45) is 5.92 Å². The van der Waals surface area contributed by atoms with Crippen molar-refractivity contribution in [2.75, 3.05) is 31.4 Å². The SMILES string of the molecule is COC(=O)c1cc(-c2ccc(NCC3CC3)cc2)c(OC)cc1-c1ccc(NC(C)C)nc1. The number of anilines is 2. The van der Waals surface area contributed by atoms with Gasteiger partial charge < -0.3 is 20.1 Å². The second kappa shape index (κ2) is 9.94. The summed E-state index contributed by atoms with van der Waals surface area (Å²) in [6.07, 6.45) is 4.39. The van der Waals surface area contributed by atoms with Gasteiger partial charge in [0.05, 0.1) is 19.8 Å². The summed E-state index contributed by atoms with van der Waals surface area (Å²) in [4.78, 5) is 17.2. The maximum absolute atomic E-state index is 12.7. The predicted molar refractivity (Wildman–Crippen MR) is 133 cm³/mol. The first-order valence-electron chi connectivity index (χ1n) is 11.4. The van der Waals surface area contributed by atoms with Crippen LogP contribution in [0.4, 0.5) is 11.5 Å². The molecule has 1 heterocycles. The Morgan fingerprint density at radius 2 is 1.76 bits per heavy atom. The van der Waals surface area contributed by atoms with E-state index in [-0.39, 0.29) is 6.04 Å². The first-order chi connectivity index (χ1) is 16.0. The summed E-state index contributed by atoms with van der Waals surface area (Å²) in [7, 11) is 3.03. The molecule has 0 unspecified atom stereocenters. The summed E-state index contributed by atoms with van der Waals surface area (Å²) < 4.78 is 10.8. The molecular formula is C27H31N3O3. The molecule has 0 aliphatic heterocycles. The van der Waals surface area contributed by atoms with E-state index in [1.807, 2.05) is 36.4 Å². The quantitative estimate of drug-likeness (QED) is 0.402. The van der Waals surface area contributed by atoms with Crippen LogP contribution in [0.5, 0.6) is 5.75 Å². The Bertz CT molecular complexity index is 1100. The fourth-order valence-electron chi connectivity index (χ4n) is 3.78. The fraction of sp³-hybridized carbons (Fsp3) is 0.333. The van der Waals surface area contributed by atoms with Gasteiger partial charge in [0.25, 0.3) is 0 Å². The molecule has 2 aromatic carbocycles. The number of hydrogen-bond donors (Lipinski definition) is 2. The summed E-state index contributed by atoms with van der Waals surface area (Å²) >= 11 is 0. The number of esters is 1. The number of ether oxygens (including phenoxy) is 2. The lowest BCUT2D eigenvalue weighted by Crippen LogP contribution is -2.10. The normalized spacial score (nSPS) is 13.0. The van der Waals surface area contributed by atoms with E-state index in [1.54, 1.807) is 13.3 Å². The molecule has 0 radical (unpaired) electrons. The van der Waals surface area contributed by atoms with E-state index < -0.39 is 5.97 Å². The topological polar surface area (TPSA) is 72.5 Å². The van der Waals surface area contributed by atoms with Crippen molar-refractivity contribution < 1.29 is 14.3 Å². The molecule has 0 saturated heterocycles. The molecule has 0 spiro atoms. The van der Waals surface area contributed by atoms with Crippen LogP contribution in [0.1, 0.15) is 37.0 Å². The summed E-state index contributed by atoms with van der Waals surface area (Å²) in [5.41, 5.74) is 4.89. The highest BCUT2D eigenvalue weighted by molar-refractivity contribution is 6.00. The van der Waals surface area contributed by atoms with Crippen LogP contribution in [-0.4, -0.2) is 37.8 Å². The number of pyridine rings is 1. The molecule has 6 heteroatoms. The van der Waals surface area contributed by atoms with Gasteiger partial charge in [-0.3, -0.25) is 0 Å². The summed E-state index contributed by atoms with van der Waals surface area (Å²) in [5, 5.41) is 6.76. The third kappa shape index (κ3) is 5.45. The van der Waals surface area contributed by atoms with E-state index in [1.165, 1.54) is 20.0 Å². The Labute approximate surface area is 195 Å². The maximum Gasteiger partial charge on any atom is 0.338 e. The minimum Gasteiger partial charge on any atom is -0.496 e. The highest BCUT2D eigenvalue weighted by Crippen LogP contribution is 2.38. The second-order valence-corrected chi connectivity index (χ2v) is 8.72. The summed E-state index contributed by atoms with van der Waals surface area (Å²) in [6.45, 7) is 5.14. The molecule has 0 bridgehead atoms. The highest BCUT2D eigenvalue weighted by Gasteiger charge is 2.21. The predicted octanol–water partition coefficient (Wildman–Crippen LogP) is 5.85. The van der Waals surface area contributed by atoms with Crippen molar-refractivity contribution in [1.82, 2.24) is 4.98 Å². The van der Waals surface area contributed by atoms with Crippen molar-refractivity contribution in [3.05, 3.63) is 60.3 Å². The van der Waals surface area contributed by atoms with Gasteiger partial charge in [0.1, 0.15) is 11.6 Å². The zero-order chi connectivity index (χ0) is 23.4. The number of carbonyl (C=O) groups excluding carboxylic acids is 1. The van der Waals surface area contributed by atoms with Crippen LogP contribution < -0.4 is 15.4 Å². The molecule has 0 atom stereocenters. The molecular weight excluding hydrogens is 414 g/mol. The van der Waals surface area contributed by atoms with Crippen molar-refractivity contribution in [1.29, 1.82) is 0 Å². The van der Waals surface area contributed by atoms with Gasteiger partial charge in [-0.05, 0) is 74.6 Å². The Morgan fingerprint density at radius 1 is 1.03 bits per heavy atom. The Balaban J connectivity index is 1.69. The van der Waals surface area contributed by atoms with Crippen LogP contribution in [-0.2, 0) is 4.74 Å². The van der Waals surface area contributed by atoms with E-state index >= 15 is 0 Å². The number of hydrogen-bond acceptors (Lipinski definition) is 6. The van der Waals surface area contributed by atoms with E-state index in [0.29, 0.717) is 16.9 Å². The smallest absolute Gasteiger partial charge is 0.338 e. The van der Waals surface area contributed by atoms with E-state index in [9.17, 15) is 4.79 Å². The molecule has 1 saturated carbocycles. The van der Waals surface area contributed by atoms with Gasteiger partial charge in [-0.2, -0.15) is 0 Å². The van der Waals surface area contributed by atoms with Crippen LogP contribution in [0.15, 0.2) is 54.7 Å². The fourth-order valence-corrected chi connectivity index (χ4v) is 3.78. The first-order valence-corrected chi connectivity index (χ1v) is 11.4. The number of rotatable bonds is 9. The largest absolute Gasteiger partial charge is 0.496 e. The Morgan fingerprint density at radius 3 is 2.33 bits per heavy atom. The van der Waals surface area contributed by atoms with Crippen LogP contribution in [0.3, 0.4) is 0 Å².